The van der Waals surface area contributed by atoms with Crippen LogP contribution in [0.15, 0.2) is 0 Å². The molecule has 0 spiro atoms. The van der Waals surface area contributed by atoms with Crippen LogP contribution in [0.25, 0.3) is 0 Å². The van der Waals surface area contributed by atoms with Gasteiger partial charge in [-0.2, -0.15) is 0 Å². The van der Waals surface area contributed by atoms with Crippen molar-refractivity contribution in [2.75, 3.05) is 19.6 Å². The molecule has 93 valence electrons. The molecule has 1 radical (unpaired) electrons. The van der Waals surface area contributed by atoms with E-state index in [1.807, 2.05) is 0 Å². The summed E-state index contributed by atoms with van der Waals surface area (Å²) in [5.41, 5.74) is 0. The lowest BCUT2D eigenvalue weighted by molar-refractivity contribution is 0.100. The monoisotopic (exact) mass is 225 g/mol. The molecule has 0 aromatic heterocycles. The minimum absolute atomic E-state index is 0.0417. The maximum absolute atomic E-state index is 9.58. The Morgan fingerprint density at radius 3 is 2.75 bits per heavy atom. The van der Waals surface area contributed by atoms with Crippen molar-refractivity contribution in [3.8, 4) is 0 Å². The van der Waals surface area contributed by atoms with Crippen molar-refractivity contribution in [1.82, 2.24) is 10.6 Å². The van der Waals surface area contributed by atoms with Gasteiger partial charge in [-0.15, -0.1) is 0 Å². The Bertz CT molecular complexity index is 192. The molecule has 0 aromatic rings. The van der Waals surface area contributed by atoms with E-state index in [4.69, 9.17) is 0 Å². The van der Waals surface area contributed by atoms with E-state index in [9.17, 15) is 5.11 Å². The third-order valence-corrected chi connectivity index (χ3v) is 3.90. The SMILES string of the molecule is OC1CCCC(CNCC2CCCC[N]2)C1. The van der Waals surface area contributed by atoms with Crippen LogP contribution in [0.4, 0.5) is 0 Å². The van der Waals surface area contributed by atoms with Gasteiger partial charge in [0.2, 0.25) is 0 Å². The van der Waals surface area contributed by atoms with Crippen LogP contribution in [-0.4, -0.2) is 36.9 Å². The summed E-state index contributed by atoms with van der Waals surface area (Å²) < 4.78 is 0. The molecule has 2 fully saturated rings. The van der Waals surface area contributed by atoms with Crippen LogP contribution in [0.2, 0.25) is 0 Å². The number of piperidine rings is 1. The smallest absolute Gasteiger partial charge is 0.0543 e. The normalized spacial score (nSPS) is 36.2. The Labute approximate surface area is 99.0 Å². The van der Waals surface area contributed by atoms with E-state index in [0.29, 0.717) is 12.0 Å². The van der Waals surface area contributed by atoms with Crippen LogP contribution < -0.4 is 10.6 Å². The van der Waals surface area contributed by atoms with E-state index in [1.165, 1.54) is 32.1 Å². The molecule has 0 aromatic carbocycles. The molecule has 1 aliphatic carbocycles. The lowest BCUT2D eigenvalue weighted by Crippen LogP contribution is -2.39. The van der Waals surface area contributed by atoms with E-state index in [2.05, 4.69) is 10.6 Å². The molecular formula is C13H25N2O. The lowest BCUT2D eigenvalue weighted by atomic mass is 9.87. The van der Waals surface area contributed by atoms with Gasteiger partial charge < -0.3 is 10.4 Å². The van der Waals surface area contributed by atoms with Crippen molar-refractivity contribution >= 4 is 0 Å². The molecule has 2 rings (SSSR count). The maximum atomic E-state index is 9.58. The van der Waals surface area contributed by atoms with Crippen LogP contribution in [0.1, 0.15) is 44.9 Å². The summed E-state index contributed by atoms with van der Waals surface area (Å²) in [6.07, 6.45) is 8.33. The van der Waals surface area contributed by atoms with E-state index in [-0.39, 0.29) is 6.10 Å². The molecule has 2 aliphatic rings. The molecule has 3 nitrogen and oxygen atoms in total. The van der Waals surface area contributed by atoms with Gasteiger partial charge in [0.05, 0.1) is 6.10 Å². The van der Waals surface area contributed by atoms with Gasteiger partial charge in [-0.05, 0) is 44.6 Å². The largest absolute Gasteiger partial charge is 0.393 e. The van der Waals surface area contributed by atoms with E-state index in [0.717, 1.165) is 32.5 Å². The summed E-state index contributed by atoms with van der Waals surface area (Å²) in [5, 5.41) is 17.7. The molecule has 3 heteroatoms. The third-order valence-electron chi connectivity index (χ3n) is 3.90. The zero-order valence-electron chi connectivity index (χ0n) is 10.2. The van der Waals surface area contributed by atoms with E-state index in [1.54, 1.807) is 0 Å². The zero-order valence-corrected chi connectivity index (χ0v) is 10.2. The van der Waals surface area contributed by atoms with Crippen molar-refractivity contribution in [2.24, 2.45) is 5.92 Å². The fourth-order valence-corrected chi connectivity index (χ4v) is 2.93. The molecule has 3 atom stereocenters. The van der Waals surface area contributed by atoms with Crippen LogP contribution in [0.5, 0.6) is 0 Å². The average molecular weight is 225 g/mol. The maximum Gasteiger partial charge on any atom is 0.0543 e. The minimum Gasteiger partial charge on any atom is -0.393 e. The molecule has 0 bridgehead atoms. The van der Waals surface area contributed by atoms with Crippen LogP contribution >= 0.6 is 0 Å². The Morgan fingerprint density at radius 1 is 1.06 bits per heavy atom. The second-order valence-corrected chi connectivity index (χ2v) is 5.40. The summed E-state index contributed by atoms with van der Waals surface area (Å²) in [5.74, 6) is 0.687. The number of hydrogen-bond acceptors (Lipinski definition) is 2. The fraction of sp³-hybridized carbons (Fsp3) is 1.00. The number of nitrogens with one attached hydrogen (secondary N) is 1. The number of aliphatic hydroxyl groups excluding tert-OH is 1. The highest BCUT2D eigenvalue weighted by Crippen LogP contribution is 2.23. The number of rotatable bonds is 4. The van der Waals surface area contributed by atoms with Gasteiger partial charge in [0.15, 0.2) is 0 Å². The van der Waals surface area contributed by atoms with Crippen molar-refractivity contribution in [2.45, 2.75) is 57.1 Å². The second kappa shape index (κ2) is 6.58. The first-order valence-corrected chi connectivity index (χ1v) is 6.90. The molecular weight excluding hydrogens is 200 g/mol. The zero-order chi connectivity index (χ0) is 11.2. The van der Waals surface area contributed by atoms with Crippen LogP contribution in [0, 0.1) is 5.92 Å². The van der Waals surface area contributed by atoms with Crippen LogP contribution in [0.3, 0.4) is 0 Å². The molecule has 16 heavy (non-hydrogen) atoms. The average Bonchev–Trinajstić information content (AvgIpc) is 2.30. The molecule has 1 aliphatic heterocycles. The summed E-state index contributed by atoms with van der Waals surface area (Å²) >= 11 is 0. The van der Waals surface area contributed by atoms with Gasteiger partial charge in [-0.3, -0.25) is 0 Å². The van der Waals surface area contributed by atoms with Crippen molar-refractivity contribution in [3.05, 3.63) is 0 Å². The van der Waals surface area contributed by atoms with Gasteiger partial charge in [0.1, 0.15) is 0 Å². The highest BCUT2D eigenvalue weighted by molar-refractivity contribution is 4.77. The first-order valence-electron chi connectivity index (χ1n) is 6.90. The van der Waals surface area contributed by atoms with Gasteiger partial charge in [-0.1, -0.05) is 12.8 Å². The Morgan fingerprint density at radius 2 is 2.00 bits per heavy atom. The highest BCUT2D eigenvalue weighted by atomic mass is 16.3. The molecule has 2 N–H and O–H groups in total. The van der Waals surface area contributed by atoms with E-state index >= 15 is 0 Å². The fourth-order valence-electron chi connectivity index (χ4n) is 2.93. The molecule has 0 amide bonds. The van der Waals surface area contributed by atoms with Gasteiger partial charge in [0.25, 0.3) is 0 Å². The molecule has 3 unspecified atom stereocenters. The Hall–Kier alpha value is -0.120. The molecule has 1 saturated heterocycles. The van der Waals surface area contributed by atoms with Crippen molar-refractivity contribution in [1.29, 1.82) is 0 Å². The summed E-state index contributed by atoms with van der Waals surface area (Å²) in [7, 11) is 0. The standard InChI is InChI=1S/C13H25N2O/c16-13-6-3-4-11(8-13)9-14-10-12-5-1-2-7-15-12/h11-14,16H,1-10H2. The van der Waals surface area contributed by atoms with Gasteiger partial charge in [0, 0.05) is 19.1 Å². The van der Waals surface area contributed by atoms with Crippen molar-refractivity contribution < 1.29 is 5.11 Å². The first kappa shape index (κ1) is 12.3. The third kappa shape index (κ3) is 4.04. The summed E-state index contributed by atoms with van der Waals surface area (Å²) in [6.45, 7) is 3.18. The summed E-state index contributed by atoms with van der Waals surface area (Å²) in [6, 6.07) is 0.558. The molecule has 1 saturated carbocycles. The summed E-state index contributed by atoms with van der Waals surface area (Å²) in [4.78, 5) is 0. The minimum atomic E-state index is -0.0417. The van der Waals surface area contributed by atoms with E-state index < -0.39 is 0 Å². The molecule has 1 heterocycles. The van der Waals surface area contributed by atoms with Crippen molar-refractivity contribution in [3.63, 3.8) is 0 Å². The second-order valence-electron chi connectivity index (χ2n) is 5.40. The Kier molecular flexibility index (Phi) is 5.07. The highest BCUT2D eigenvalue weighted by Gasteiger charge is 2.20. The van der Waals surface area contributed by atoms with Gasteiger partial charge in [-0.25, -0.2) is 5.32 Å². The predicted octanol–water partition coefficient (Wildman–Crippen LogP) is 1.28. The number of aliphatic hydroxyl groups is 1. The number of nitrogens with zero attached hydrogens (tertiary/aromatic N) is 1. The van der Waals surface area contributed by atoms with Gasteiger partial charge >= 0.3 is 0 Å². The predicted molar refractivity (Wildman–Crippen MR) is 65.5 cm³/mol. The number of hydrogen-bond donors (Lipinski definition) is 2. The first-order chi connectivity index (χ1) is 7.84. The van der Waals surface area contributed by atoms with Crippen LogP contribution in [-0.2, 0) is 0 Å². The quantitative estimate of drug-likeness (QED) is 0.757. The Balaban J connectivity index is 1.56. The lowest BCUT2D eigenvalue weighted by Gasteiger charge is -2.27. The topological polar surface area (TPSA) is 46.4 Å².